The molecule has 0 spiro atoms. The molecule has 3 heteroatoms. The van der Waals surface area contributed by atoms with Crippen molar-refractivity contribution in [2.24, 2.45) is 0 Å². The van der Waals surface area contributed by atoms with Crippen LogP contribution in [0.5, 0.6) is 5.75 Å². The summed E-state index contributed by atoms with van der Waals surface area (Å²) in [6.07, 6.45) is 4.80. The van der Waals surface area contributed by atoms with E-state index in [2.05, 4.69) is 6.92 Å². The number of anilines is 2. The van der Waals surface area contributed by atoms with Crippen molar-refractivity contribution in [2.45, 2.75) is 32.6 Å². The summed E-state index contributed by atoms with van der Waals surface area (Å²) in [6.45, 7) is 2.92. The summed E-state index contributed by atoms with van der Waals surface area (Å²) in [7, 11) is 0. The van der Waals surface area contributed by atoms with Crippen LogP contribution in [-0.4, -0.2) is 6.61 Å². The minimum absolute atomic E-state index is 0.616. The highest BCUT2D eigenvalue weighted by Gasteiger charge is 1.99. The first-order valence-electron chi connectivity index (χ1n) is 5.52. The average molecular weight is 208 g/mol. The van der Waals surface area contributed by atoms with Crippen molar-refractivity contribution in [1.29, 1.82) is 0 Å². The van der Waals surface area contributed by atoms with Crippen LogP contribution in [0.15, 0.2) is 18.2 Å². The van der Waals surface area contributed by atoms with Gasteiger partial charge in [-0.25, -0.2) is 0 Å². The highest BCUT2D eigenvalue weighted by atomic mass is 16.5. The number of nitrogen functional groups attached to an aromatic ring is 2. The van der Waals surface area contributed by atoms with Crippen molar-refractivity contribution < 1.29 is 4.74 Å². The van der Waals surface area contributed by atoms with Gasteiger partial charge in [-0.2, -0.15) is 0 Å². The quantitative estimate of drug-likeness (QED) is 0.558. The summed E-state index contributed by atoms with van der Waals surface area (Å²) in [5, 5.41) is 0. The van der Waals surface area contributed by atoms with E-state index in [1.54, 1.807) is 12.1 Å². The minimum Gasteiger partial charge on any atom is -0.491 e. The molecule has 1 aromatic rings. The van der Waals surface area contributed by atoms with Gasteiger partial charge in [0, 0.05) is 5.69 Å². The van der Waals surface area contributed by atoms with Crippen LogP contribution in [0.25, 0.3) is 0 Å². The molecule has 0 saturated heterocycles. The number of unbranched alkanes of at least 4 members (excludes halogenated alkanes) is 3. The molecular weight excluding hydrogens is 188 g/mol. The zero-order valence-electron chi connectivity index (χ0n) is 9.33. The van der Waals surface area contributed by atoms with Gasteiger partial charge in [0.2, 0.25) is 0 Å². The molecule has 0 heterocycles. The molecule has 1 aromatic carbocycles. The molecule has 0 bridgehead atoms. The van der Waals surface area contributed by atoms with Crippen molar-refractivity contribution in [3.05, 3.63) is 18.2 Å². The Kier molecular flexibility index (Phi) is 4.81. The van der Waals surface area contributed by atoms with Gasteiger partial charge in [-0.05, 0) is 24.6 Å². The van der Waals surface area contributed by atoms with Crippen LogP contribution in [0.2, 0.25) is 0 Å². The van der Waals surface area contributed by atoms with E-state index in [0.717, 1.165) is 18.8 Å². The van der Waals surface area contributed by atoms with Gasteiger partial charge < -0.3 is 16.2 Å². The van der Waals surface area contributed by atoms with Crippen LogP contribution in [-0.2, 0) is 0 Å². The molecule has 0 aromatic heterocycles. The number of ether oxygens (including phenoxy) is 1. The second kappa shape index (κ2) is 6.17. The van der Waals surface area contributed by atoms with Gasteiger partial charge in [0.25, 0.3) is 0 Å². The van der Waals surface area contributed by atoms with Crippen molar-refractivity contribution in [3.8, 4) is 5.75 Å². The van der Waals surface area contributed by atoms with Gasteiger partial charge in [0.1, 0.15) is 5.75 Å². The Labute approximate surface area is 91.4 Å². The van der Waals surface area contributed by atoms with Gasteiger partial charge >= 0.3 is 0 Å². The first kappa shape index (κ1) is 11.7. The Hall–Kier alpha value is -1.38. The predicted octanol–water partition coefficient (Wildman–Crippen LogP) is 2.81. The minimum atomic E-state index is 0.616. The highest BCUT2D eigenvalue weighted by Crippen LogP contribution is 2.23. The monoisotopic (exact) mass is 208 g/mol. The molecule has 84 valence electrons. The van der Waals surface area contributed by atoms with E-state index >= 15 is 0 Å². The molecule has 0 saturated carbocycles. The van der Waals surface area contributed by atoms with Gasteiger partial charge in [0.15, 0.2) is 0 Å². The number of hydrogen-bond donors (Lipinski definition) is 2. The summed E-state index contributed by atoms with van der Waals surface area (Å²) in [5.74, 6) is 0.737. The van der Waals surface area contributed by atoms with E-state index in [-0.39, 0.29) is 0 Å². The smallest absolute Gasteiger partial charge is 0.142 e. The molecule has 3 nitrogen and oxygen atoms in total. The van der Waals surface area contributed by atoms with Crippen LogP contribution >= 0.6 is 0 Å². The van der Waals surface area contributed by atoms with Gasteiger partial charge in [-0.15, -0.1) is 0 Å². The average Bonchev–Trinajstić information content (AvgIpc) is 2.20. The van der Waals surface area contributed by atoms with Crippen LogP contribution in [0.4, 0.5) is 11.4 Å². The molecule has 0 amide bonds. The predicted molar refractivity (Wildman–Crippen MR) is 64.9 cm³/mol. The lowest BCUT2D eigenvalue weighted by Crippen LogP contribution is -2.01. The lowest BCUT2D eigenvalue weighted by atomic mass is 10.2. The standard InChI is InChI=1S/C12H20N2O/c1-2-3-4-5-8-15-12-7-6-10(13)9-11(12)14/h6-7,9H,2-5,8,13-14H2,1H3. The van der Waals surface area contributed by atoms with Crippen LogP contribution in [0.3, 0.4) is 0 Å². The Morgan fingerprint density at radius 2 is 1.93 bits per heavy atom. The summed E-state index contributed by atoms with van der Waals surface area (Å²) < 4.78 is 5.56. The van der Waals surface area contributed by atoms with E-state index in [1.165, 1.54) is 19.3 Å². The second-order valence-corrected chi connectivity index (χ2v) is 3.71. The lowest BCUT2D eigenvalue weighted by molar-refractivity contribution is 0.306. The Bertz CT molecular complexity index is 300. The van der Waals surface area contributed by atoms with Crippen LogP contribution in [0, 0.1) is 0 Å². The molecule has 4 N–H and O–H groups in total. The zero-order chi connectivity index (χ0) is 11.1. The Morgan fingerprint density at radius 3 is 2.60 bits per heavy atom. The molecule has 15 heavy (non-hydrogen) atoms. The van der Waals surface area contributed by atoms with Crippen molar-refractivity contribution >= 4 is 11.4 Å². The zero-order valence-corrected chi connectivity index (χ0v) is 9.33. The molecule has 0 atom stereocenters. The number of nitrogens with two attached hydrogens (primary N) is 2. The van der Waals surface area contributed by atoms with E-state index in [4.69, 9.17) is 16.2 Å². The van der Waals surface area contributed by atoms with E-state index in [0.29, 0.717) is 11.4 Å². The molecule has 0 fully saturated rings. The maximum Gasteiger partial charge on any atom is 0.142 e. The molecule has 0 radical (unpaired) electrons. The number of hydrogen-bond acceptors (Lipinski definition) is 3. The number of rotatable bonds is 6. The van der Waals surface area contributed by atoms with Crippen LogP contribution < -0.4 is 16.2 Å². The lowest BCUT2D eigenvalue weighted by Gasteiger charge is -2.08. The molecule has 0 aliphatic heterocycles. The van der Waals surface area contributed by atoms with E-state index < -0.39 is 0 Å². The van der Waals surface area contributed by atoms with Gasteiger partial charge in [-0.3, -0.25) is 0 Å². The molecular formula is C12H20N2O. The highest BCUT2D eigenvalue weighted by molar-refractivity contribution is 5.60. The summed E-state index contributed by atoms with van der Waals surface area (Å²) in [6, 6.07) is 5.35. The third-order valence-corrected chi connectivity index (χ3v) is 2.29. The third kappa shape index (κ3) is 4.11. The van der Waals surface area contributed by atoms with E-state index in [1.807, 2.05) is 6.07 Å². The Morgan fingerprint density at radius 1 is 1.13 bits per heavy atom. The molecule has 0 aliphatic rings. The third-order valence-electron chi connectivity index (χ3n) is 2.29. The largest absolute Gasteiger partial charge is 0.491 e. The summed E-state index contributed by atoms with van der Waals surface area (Å²) in [5.41, 5.74) is 12.6. The van der Waals surface area contributed by atoms with Gasteiger partial charge in [-0.1, -0.05) is 26.2 Å². The second-order valence-electron chi connectivity index (χ2n) is 3.71. The van der Waals surface area contributed by atoms with Crippen molar-refractivity contribution in [3.63, 3.8) is 0 Å². The topological polar surface area (TPSA) is 61.3 Å². The van der Waals surface area contributed by atoms with E-state index in [9.17, 15) is 0 Å². The van der Waals surface area contributed by atoms with Crippen molar-refractivity contribution in [1.82, 2.24) is 0 Å². The molecule has 0 unspecified atom stereocenters. The molecule has 0 aliphatic carbocycles. The fourth-order valence-electron chi connectivity index (χ4n) is 1.41. The summed E-state index contributed by atoms with van der Waals surface area (Å²) in [4.78, 5) is 0. The Balaban J connectivity index is 2.31. The fourth-order valence-corrected chi connectivity index (χ4v) is 1.41. The van der Waals surface area contributed by atoms with Crippen molar-refractivity contribution in [2.75, 3.05) is 18.1 Å². The fraction of sp³-hybridized carbons (Fsp3) is 0.500. The maximum absolute atomic E-state index is 5.76. The molecule has 1 rings (SSSR count). The first-order valence-corrected chi connectivity index (χ1v) is 5.52. The SMILES string of the molecule is CCCCCCOc1ccc(N)cc1N. The van der Waals surface area contributed by atoms with Crippen LogP contribution in [0.1, 0.15) is 32.6 Å². The maximum atomic E-state index is 5.76. The first-order chi connectivity index (χ1) is 7.24. The summed E-state index contributed by atoms with van der Waals surface area (Å²) >= 11 is 0. The van der Waals surface area contributed by atoms with Gasteiger partial charge in [0.05, 0.1) is 12.3 Å². The normalized spacial score (nSPS) is 10.2. The number of benzene rings is 1.